The molecule has 17 heavy (non-hydrogen) atoms. The van der Waals surface area contributed by atoms with Gasteiger partial charge in [-0.3, -0.25) is 0 Å². The average molecular weight is 240 g/mol. The highest BCUT2D eigenvalue weighted by molar-refractivity contribution is 5.34. The highest BCUT2D eigenvalue weighted by Crippen LogP contribution is 2.29. The highest BCUT2D eigenvalue weighted by Gasteiger charge is 2.30. The zero-order valence-corrected chi connectivity index (χ0v) is 9.42. The van der Waals surface area contributed by atoms with Crippen LogP contribution < -0.4 is 0 Å². The Morgan fingerprint density at radius 2 is 1.41 bits per heavy atom. The van der Waals surface area contributed by atoms with Crippen LogP contribution in [0.1, 0.15) is 30.9 Å². The number of nitrogens with zero attached hydrogens (tertiary/aromatic N) is 2. The van der Waals surface area contributed by atoms with Crippen molar-refractivity contribution in [2.75, 3.05) is 0 Å². The summed E-state index contributed by atoms with van der Waals surface area (Å²) in [5, 5.41) is 17.0. The summed E-state index contributed by atoms with van der Waals surface area (Å²) in [5.74, 6) is -1.02. The molecule has 90 valence electrons. The first-order valence-electron chi connectivity index (χ1n) is 4.95. The maximum Gasteiger partial charge on any atom is 0.416 e. The third-order valence-electron chi connectivity index (χ3n) is 1.83. The smallest absolute Gasteiger partial charge is 0.196 e. The van der Waals surface area contributed by atoms with Gasteiger partial charge in [0.05, 0.1) is 17.7 Å². The highest BCUT2D eigenvalue weighted by atomic mass is 19.4. The second-order valence-corrected chi connectivity index (χ2v) is 2.81. The Hall–Kier alpha value is -2.01. The molecule has 0 amide bonds. The molecule has 5 heteroatoms. The van der Waals surface area contributed by atoms with Crippen molar-refractivity contribution in [2.45, 2.75) is 25.9 Å². The van der Waals surface area contributed by atoms with Crippen LogP contribution in [0.4, 0.5) is 13.2 Å². The number of benzene rings is 1. The Balaban J connectivity index is 0.00000121. The molecule has 0 atom stereocenters. The number of rotatable bonds is 1. The molecule has 0 aromatic heterocycles. The van der Waals surface area contributed by atoms with Gasteiger partial charge in [0.1, 0.15) is 0 Å². The molecule has 0 aliphatic carbocycles. The molecule has 1 aromatic carbocycles. The minimum atomic E-state index is -4.40. The lowest BCUT2D eigenvalue weighted by Gasteiger charge is -2.07. The van der Waals surface area contributed by atoms with Gasteiger partial charge in [0.25, 0.3) is 0 Å². The fraction of sp³-hybridized carbons (Fsp3) is 0.333. The average Bonchev–Trinajstić information content (AvgIpc) is 2.33. The molecule has 2 nitrogen and oxygen atoms in total. The molecule has 1 aromatic rings. The number of halogens is 3. The summed E-state index contributed by atoms with van der Waals surface area (Å²) >= 11 is 0. The molecule has 0 unspecified atom stereocenters. The van der Waals surface area contributed by atoms with Crippen LogP contribution in [0.3, 0.4) is 0 Å². The van der Waals surface area contributed by atoms with E-state index in [-0.39, 0.29) is 5.56 Å². The maximum atomic E-state index is 12.2. The van der Waals surface area contributed by atoms with Crippen molar-refractivity contribution in [1.82, 2.24) is 0 Å². The lowest BCUT2D eigenvalue weighted by Crippen LogP contribution is -2.04. The predicted octanol–water partition coefficient (Wildman–Crippen LogP) is 3.86. The first kappa shape index (κ1) is 15.0. The zero-order chi connectivity index (χ0) is 13.5. The van der Waals surface area contributed by atoms with E-state index < -0.39 is 17.7 Å². The zero-order valence-electron chi connectivity index (χ0n) is 9.42. The number of hydrogen-bond donors (Lipinski definition) is 0. The van der Waals surface area contributed by atoms with Crippen LogP contribution in [0, 0.1) is 22.7 Å². The molecule has 0 N–H and O–H groups in total. The molecule has 0 saturated carbocycles. The third-order valence-corrected chi connectivity index (χ3v) is 1.83. The standard InChI is InChI=1S/C10H5F3N2.C2H6/c11-10(12,13)9-3-1-7(2-4-9)8(5-14)6-15;1-2/h1-4,8H;1-2H3. The fourth-order valence-electron chi connectivity index (χ4n) is 1.04. The molecular weight excluding hydrogens is 229 g/mol. The van der Waals surface area contributed by atoms with Crippen molar-refractivity contribution < 1.29 is 13.2 Å². The van der Waals surface area contributed by atoms with Gasteiger partial charge in [0, 0.05) is 0 Å². The van der Waals surface area contributed by atoms with Crippen molar-refractivity contribution in [1.29, 1.82) is 10.5 Å². The summed E-state index contributed by atoms with van der Waals surface area (Å²) in [5.41, 5.74) is -0.520. The maximum absolute atomic E-state index is 12.2. The molecule has 0 spiro atoms. The Labute approximate surface area is 97.9 Å². The van der Waals surface area contributed by atoms with Gasteiger partial charge in [-0.1, -0.05) is 26.0 Å². The van der Waals surface area contributed by atoms with E-state index in [2.05, 4.69) is 0 Å². The first-order valence-corrected chi connectivity index (χ1v) is 4.95. The van der Waals surface area contributed by atoms with E-state index in [4.69, 9.17) is 10.5 Å². The lowest BCUT2D eigenvalue weighted by molar-refractivity contribution is -0.137. The summed E-state index contributed by atoms with van der Waals surface area (Å²) in [6, 6.07) is 7.36. The van der Waals surface area contributed by atoms with Crippen molar-refractivity contribution >= 4 is 0 Å². The minimum absolute atomic E-state index is 0.271. The Kier molecular flexibility index (Phi) is 5.77. The van der Waals surface area contributed by atoms with Crippen LogP contribution in [-0.2, 0) is 6.18 Å². The van der Waals surface area contributed by atoms with Crippen molar-refractivity contribution in [2.24, 2.45) is 0 Å². The predicted molar refractivity (Wildman–Crippen MR) is 56.8 cm³/mol. The second-order valence-electron chi connectivity index (χ2n) is 2.81. The van der Waals surface area contributed by atoms with Crippen LogP contribution in [0.15, 0.2) is 24.3 Å². The summed E-state index contributed by atoms with van der Waals surface area (Å²) in [6.07, 6.45) is -4.40. The van der Waals surface area contributed by atoms with E-state index in [1.807, 2.05) is 13.8 Å². The minimum Gasteiger partial charge on any atom is -0.196 e. The quantitative estimate of drug-likeness (QED) is 0.748. The van der Waals surface area contributed by atoms with E-state index in [0.717, 1.165) is 24.3 Å². The first-order chi connectivity index (χ1) is 7.99. The van der Waals surface area contributed by atoms with Crippen LogP contribution in [0.2, 0.25) is 0 Å². The van der Waals surface area contributed by atoms with Crippen LogP contribution in [0.5, 0.6) is 0 Å². The van der Waals surface area contributed by atoms with E-state index >= 15 is 0 Å². The summed E-state index contributed by atoms with van der Waals surface area (Å²) in [7, 11) is 0. The molecule has 0 saturated heterocycles. The third kappa shape index (κ3) is 4.16. The van der Waals surface area contributed by atoms with Crippen LogP contribution >= 0.6 is 0 Å². The normalized spacial score (nSPS) is 9.88. The summed E-state index contributed by atoms with van der Waals surface area (Å²) in [4.78, 5) is 0. The van der Waals surface area contributed by atoms with Gasteiger partial charge < -0.3 is 0 Å². The van der Waals surface area contributed by atoms with Gasteiger partial charge in [0.2, 0.25) is 0 Å². The number of alkyl halides is 3. The van der Waals surface area contributed by atoms with E-state index in [1.165, 1.54) is 0 Å². The monoisotopic (exact) mass is 240 g/mol. The molecule has 0 aliphatic heterocycles. The van der Waals surface area contributed by atoms with Gasteiger partial charge in [-0.05, 0) is 17.7 Å². The molecule has 0 aliphatic rings. The lowest BCUT2D eigenvalue weighted by atomic mass is 10.0. The van der Waals surface area contributed by atoms with E-state index in [0.29, 0.717) is 0 Å². The SMILES string of the molecule is CC.N#CC(C#N)c1ccc(C(F)(F)F)cc1. The summed E-state index contributed by atoms with van der Waals surface area (Å²) < 4.78 is 36.5. The van der Waals surface area contributed by atoms with Crippen molar-refractivity contribution in [3.8, 4) is 12.1 Å². The molecule has 0 fully saturated rings. The van der Waals surface area contributed by atoms with Crippen LogP contribution in [0.25, 0.3) is 0 Å². The molecular formula is C12H11F3N2. The van der Waals surface area contributed by atoms with E-state index in [1.54, 1.807) is 12.1 Å². The van der Waals surface area contributed by atoms with E-state index in [9.17, 15) is 13.2 Å². The van der Waals surface area contributed by atoms with Gasteiger partial charge in [0.15, 0.2) is 5.92 Å². The Bertz CT molecular complexity index is 407. The molecule has 0 radical (unpaired) electrons. The number of hydrogen-bond acceptors (Lipinski definition) is 2. The Morgan fingerprint density at radius 1 is 1.00 bits per heavy atom. The van der Waals surface area contributed by atoms with Crippen molar-refractivity contribution in [3.05, 3.63) is 35.4 Å². The van der Waals surface area contributed by atoms with Crippen molar-refractivity contribution in [3.63, 3.8) is 0 Å². The van der Waals surface area contributed by atoms with Gasteiger partial charge >= 0.3 is 6.18 Å². The number of nitriles is 2. The summed E-state index contributed by atoms with van der Waals surface area (Å²) in [6.45, 7) is 4.00. The molecule has 0 heterocycles. The largest absolute Gasteiger partial charge is 0.416 e. The molecule has 1 rings (SSSR count). The molecule has 0 bridgehead atoms. The van der Waals surface area contributed by atoms with Crippen LogP contribution in [-0.4, -0.2) is 0 Å². The topological polar surface area (TPSA) is 47.6 Å². The second kappa shape index (κ2) is 6.55. The fourth-order valence-corrected chi connectivity index (χ4v) is 1.04. The van der Waals surface area contributed by atoms with Gasteiger partial charge in [-0.25, -0.2) is 0 Å². The van der Waals surface area contributed by atoms with Gasteiger partial charge in [-0.2, -0.15) is 23.7 Å². The van der Waals surface area contributed by atoms with Gasteiger partial charge in [-0.15, -0.1) is 0 Å². The Morgan fingerprint density at radius 3 is 1.71 bits per heavy atom.